The second-order valence-corrected chi connectivity index (χ2v) is 8.86. The second-order valence-electron chi connectivity index (χ2n) is 8.86. The zero-order chi connectivity index (χ0) is 17.1. The molecule has 22 heavy (non-hydrogen) atoms. The van der Waals surface area contributed by atoms with Crippen LogP contribution in [-0.2, 0) is 0 Å². The van der Waals surface area contributed by atoms with Gasteiger partial charge in [-0.1, -0.05) is 107 Å². The van der Waals surface area contributed by atoms with E-state index in [2.05, 4.69) is 55.4 Å². The maximum Gasteiger partial charge on any atom is -0.0394 e. The van der Waals surface area contributed by atoms with E-state index in [-0.39, 0.29) is 0 Å². The summed E-state index contributed by atoms with van der Waals surface area (Å²) in [5, 5.41) is 0. The lowest BCUT2D eigenvalue weighted by molar-refractivity contribution is 0.272. The van der Waals surface area contributed by atoms with Crippen molar-refractivity contribution in [1.82, 2.24) is 0 Å². The molecule has 0 heteroatoms. The molecule has 0 saturated carbocycles. The minimum absolute atomic E-state index is 0.838. The van der Waals surface area contributed by atoms with E-state index in [1.165, 1.54) is 51.4 Å². The molecular weight excluding hydrogens is 264 g/mol. The Morgan fingerprint density at radius 3 is 0.955 bits per heavy atom. The van der Waals surface area contributed by atoms with Gasteiger partial charge in [0.1, 0.15) is 0 Å². The van der Waals surface area contributed by atoms with Crippen LogP contribution in [0.2, 0.25) is 0 Å². The minimum atomic E-state index is 0.838. The fourth-order valence-corrected chi connectivity index (χ4v) is 3.48. The Morgan fingerprint density at radius 2 is 0.682 bits per heavy atom. The van der Waals surface area contributed by atoms with Crippen molar-refractivity contribution in [1.29, 1.82) is 0 Å². The lowest BCUT2D eigenvalue weighted by atomic mass is 9.83. The Hall–Kier alpha value is 0. The van der Waals surface area contributed by atoms with E-state index < -0.39 is 0 Å². The average Bonchev–Trinajstić information content (AvgIpc) is 2.47. The summed E-state index contributed by atoms with van der Waals surface area (Å²) >= 11 is 0. The first-order valence-electron chi connectivity index (χ1n) is 10.3. The number of rotatable bonds is 13. The number of unbranched alkanes of at least 4 members (excludes halogenated alkanes) is 5. The first kappa shape index (κ1) is 22.0. The van der Waals surface area contributed by atoms with Gasteiger partial charge >= 0.3 is 0 Å². The van der Waals surface area contributed by atoms with Gasteiger partial charge in [-0.3, -0.25) is 0 Å². The normalized spacial score (nSPS) is 17.7. The zero-order valence-electron chi connectivity index (χ0n) is 17.1. The fourth-order valence-electron chi connectivity index (χ4n) is 3.48. The summed E-state index contributed by atoms with van der Waals surface area (Å²) in [6.07, 6.45) is 11.6. The van der Waals surface area contributed by atoms with Crippen molar-refractivity contribution in [3.8, 4) is 0 Å². The molecule has 0 rings (SSSR count). The number of hydrogen-bond acceptors (Lipinski definition) is 0. The predicted octanol–water partition coefficient (Wildman–Crippen LogP) is 7.96. The lowest BCUT2D eigenvalue weighted by Crippen LogP contribution is -2.14. The molecule has 0 amide bonds. The van der Waals surface area contributed by atoms with Gasteiger partial charge < -0.3 is 0 Å². The first-order chi connectivity index (χ1) is 10.3. The van der Waals surface area contributed by atoms with Crippen LogP contribution in [0.15, 0.2) is 0 Å². The van der Waals surface area contributed by atoms with Gasteiger partial charge in [-0.05, 0) is 35.5 Å². The van der Waals surface area contributed by atoms with Crippen LogP contribution in [0.3, 0.4) is 0 Å². The van der Waals surface area contributed by atoms with Crippen LogP contribution in [0.5, 0.6) is 0 Å². The molecule has 0 bridgehead atoms. The third-order valence-corrected chi connectivity index (χ3v) is 6.47. The van der Waals surface area contributed by atoms with Gasteiger partial charge in [-0.2, -0.15) is 0 Å². The highest BCUT2D eigenvalue weighted by Crippen LogP contribution is 2.26. The van der Waals surface area contributed by atoms with Gasteiger partial charge in [-0.25, -0.2) is 0 Å². The molecule has 0 radical (unpaired) electrons. The molecule has 0 aromatic heterocycles. The van der Waals surface area contributed by atoms with Crippen molar-refractivity contribution >= 4 is 0 Å². The Kier molecular flexibility index (Phi) is 12.4. The molecule has 0 fully saturated rings. The van der Waals surface area contributed by atoms with E-state index >= 15 is 0 Å². The van der Waals surface area contributed by atoms with Crippen LogP contribution in [0.4, 0.5) is 0 Å². The molecule has 0 N–H and O–H groups in total. The molecule has 134 valence electrons. The quantitative estimate of drug-likeness (QED) is 0.303. The van der Waals surface area contributed by atoms with Gasteiger partial charge in [0.05, 0.1) is 0 Å². The van der Waals surface area contributed by atoms with Crippen LogP contribution in [-0.4, -0.2) is 0 Å². The van der Waals surface area contributed by atoms with Crippen molar-refractivity contribution in [3.63, 3.8) is 0 Å². The molecule has 0 aliphatic heterocycles. The molecule has 0 heterocycles. The molecule has 0 saturated heterocycles. The molecule has 0 aromatic carbocycles. The Balaban J connectivity index is 3.48. The highest BCUT2D eigenvalue weighted by molar-refractivity contribution is 4.66. The standard InChI is InChI=1S/C22H46/c1-17(2)21(7)19(5)15-13-11-9-10-12-14-16-20(6)22(8)18(3)4/h17-22H,9-16H2,1-8H3/t19-,20+,21+,22-. The maximum atomic E-state index is 2.45. The van der Waals surface area contributed by atoms with Gasteiger partial charge in [0.2, 0.25) is 0 Å². The monoisotopic (exact) mass is 310 g/mol. The minimum Gasteiger partial charge on any atom is -0.0625 e. The van der Waals surface area contributed by atoms with Crippen LogP contribution >= 0.6 is 0 Å². The third-order valence-electron chi connectivity index (χ3n) is 6.47. The SMILES string of the molecule is CC(C)[C@@H](C)[C@@H](C)CCCCCCCC[C@@H](C)[C@@H](C)C(C)C. The van der Waals surface area contributed by atoms with Gasteiger partial charge in [0, 0.05) is 0 Å². The Labute approximate surface area is 142 Å². The molecular formula is C22H46. The van der Waals surface area contributed by atoms with E-state index in [4.69, 9.17) is 0 Å². The van der Waals surface area contributed by atoms with Crippen molar-refractivity contribution in [3.05, 3.63) is 0 Å². The second kappa shape index (κ2) is 12.4. The van der Waals surface area contributed by atoms with Crippen molar-refractivity contribution in [2.45, 2.75) is 107 Å². The summed E-state index contributed by atoms with van der Waals surface area (Å²) in [4.78, 5) is 0. The van der Waals surface area contributed by atoms with Crippen molar-refractivity contribution < 1.29 is 0 Å². The highest BCUT2D eigenvalue weighted by Gasteiger charge is 2.16. The van der Waals surface area contributed by atoms with Gasteiger partial charge in [0.25, 0.3) is 0 Å². The predicted molar refractivity (Wildman–Crippen MR) is 103 cm³/mol. The summed E-state index contributed by atoms with van der Waals surface area (Å²) in [6, 6.07) is 0. The van der Waals surface area contributed by atoms with Crippen LogP contribution in [0, 0.1) is 35.5 Å². The molecule has 0 spiro atoms. The van der Waals surface area contributed by atoms with E-state index in [9.17, 15) is 0 Å². The van der Waals surface area contributed by atoms with Crippen molar-refractivity contribution in [2.24, 2.45) is 35.5 Å². The largest absolute Gasteiger partial charge is 0.0625 e. The number of hydrogen-bond donors (Lipinski definition) is 0. The molecule has 0 aromatic rings. The van der Waals surface area contributed by atoms with Crippen LogP contribution < -0.4 is 0 Å². The molecule has 4 atom stereocenters. The molecule has 0 nitrogen and oxygen atoms in total. The van der Waals surface area contributed by atoms with E-state index in [1.807, 2.05) is 0 Å². The average molecular weight is 311 g/mol. The molecule has 0 aliphatic rings. The van der Waals surface area contributed by atoms with Crippen molar-refractivity contribution in [2.75, 3.05) is 0 Å². The summed E-state index contributed by atoms with van der Waals surface area (Å²) in [5.41, 5.74) is 0. The summed E-state index contributed by atoms with van der Waals surface area (Å²) in [6.45, 7) is 19.2. The third kappa shape index (κ3) is 9.90. The topological polar surface area (TPSA) is 0 Å². The zero-order valence-corrected chi connectivity index (χ0v) is 17.1. The Bertz CT molecular complexity index is 214. The van der Waals surface area contributed by atoms with Crippen LogP contribution in [0.25, 0.3) is 0 Å². The lowest BCUT2D eigenvalue weighted by Gasteiger charge is -2.23. The Morgan fingerprint density at radius 1 is 0.409 bits per heavy atom. The summed E-state index contributed by atoms with van der Waals surface area (Å²) in [7, 11) is 0. The van der Waals surface area contributed by atoms with E-state index in [0.717, 1.165) is 35.5 Å². The highest BCUT2D eigenvalue weighted by atomic mass is 14.2. The maximum absolute atomic E-state index is 2.45. The van der Waals surface area contributed by atoms with Crippen LogP contribution in [0.1, 0.15) is 107 Å². The van der Waals surface area contributed by atoms with E-state index in [1.54, 1.807) is 0 Å². The molecule has 0 unspecified atom stereocenters. The summed E-state index contributed by atoms with van der Waals surface area (Å²) < 4.78 is 0. The molecule has 0 aliphatic carbocycles. The van der Waals surface area contributed by atoms with E-state index in [0.29, 0.717) is 0 Å². The first-order valence-corrected chi connectivity index (χ1v) is 10.3. The summed E-state index contributed by atoms with van der Waals surface area (Å²) in [5.74, 6) is 5.24. The fraction of sp³-hybridized carbons (Fsp3) is 1.00. The van der Waals surface area contributed by atoms with Gasteiger partial charge in [-0.15, -0.1) is 0 Å². The smallest absolute Gasteiger partial charge is 0.0394 e. The van der Waals surface area contributed by atoms with Gasteiger partial charge in [0.15, 0.2) is 0 Å².